The number of rotatable bonds is 13. The van der Waals surface area contributed by atoms with E-state index in [-0.39, 0.29) is 38.3 Å². The number of halogens is 1. The van der Waals surface area contributed by atoms with Gasteiger partial charge in [-0.1, -0.05) is 5.16 Å². The SMILES string of the molecule is COc1ccc(/C=N/OCC(O)CN(CCO)CCO)cc1OC1CCCC1.Cl. The molecule has 0 spiro atoms. The minimum Gasteiger partial charge on any atom is -0.493 e. The zero-order valence-electron chi connectivity index (χ0n) is 16.9. The monoisotopic (exact) mass is 432 g/mol. The average molecular weight is 433 g/mol. The molecular weight excluding hydrogens is 400 g/mol. The molecule has 0 radical (unpaired) electrons. The topological polar surface area (TPSA) is 104 Å². The molecule has 1 aromatic carbocycles. The van der Waals surface area contributed by atoms with Gasteiger partial charge in [-0.05, 0) is 43.9 Å². The molecular formula is C20H33ClN2O6. The first-order chi connectivity index (χ1) is 13.7. The molecule has 0 saturated heterocycles. The van der Waals surface area contributed by atoms with Gasteiger partial charge in [0.15, 0.2) is 11.5 Å². The first kappa shape index (κ1) is 25.5. The number of aliphatic hydroxyl groups is 3. The molecule has 0 heterocycles. The summed E-state index contributed by atoms with van der Waals surface area (Å²) in [6.07, 6.45) is 5.53. The first-order valence-electron chi connectivity index (χ1n) is 9.78. The van der Waals surface area contributed by atoms with Crippen molar-refractivity contribution < 1.29 is 29.6 Å². The van der Waals surface area contributed by atoms with Crippen molar-refractivity contribution in [2.45, 2.75) is 37.9 Å². The molecule has 0 aliphatic heterocycles. The molecule has 9 heteroatoms. The van der Waals surface area contributed by atoms with Gasteiger partial charge < -0.3 is 29.6 Å². The fourth-order valence-electron chi connectivity index (χ4n) is 3.21. The van der Waals surface area contributed by atoms with Crippen LogP contribution < -0.4 is 9.47 Å². The van der Waals surface area contributed by atoms with Gasteiger partial charge in [-0.25, -0.2) is 0 Å². The van der Waals surface area contributed by atoms with Gasteiger partial charge in [-0.2, -0.15) is 0 Å². The number of benzene rings is 1. The second-order valence-electron chi connectivity index (χ2n) is 6.87. The Bertz CT molecular complexity index is 592. The Morgan fingerprint density at radius 1 is 1.17 bits per heavy atom. The lowest BCUT2D eigenvalue weighted by Gasteiger charge is -2.22. The van der Waals surface area contributed by atoms with Gasteiger partial charge in [0.05, 0.1) is 32.6 Å². The van der Waals surface area contributed by atoms with E-state index in [0.717, 1.165) is 18.4 Å². The van der Waals surface area contributed by atoms with Crippen LogP contribution in [0.15, 0.2) is 23.4 Å². The van der Waals surface area contributed by atoms with E-state index in [1.807, 2.05) is 18.2 Å². The molecule has 1 saturated carbocycles. The van der Waals surface area contributed by atoms with Crippen LogP contribution in [0.4, 0.5) is 0 Å². The Balaban J connectivity index is 0.00000420. The summed E-state index contributed by atoms with van der Waals surface area (Å²) in [6, 6.07) is 5.56. The smallest absolute Gasteiger partial charge is 0.162 e. The summed E-state index contributed by atoms with van der Waals surface area (Å²) in [7, 11) is 1.62. The molecule has 0 amide bonds. The van der Waals surface area contributed by atoms with E-state index in [1.54, 1.807) is 18.2 Å². The molecule has 1 atom stereocenters. The van der Waals surface area contributed by atoms with Crippen LogP contribution in [-0.2, 0) is 4.84 Å². The van der Waals surface area contributed by atoms with Gasteiger partial charge in [-0.3, -0.25) is 4.90 Å². The fraction of sp³-hybridized carbons (Fsp3) is 0.650. The van der Waals surface area contributed by atoms with Gasteiger partial charge in [0.1, 0.15) is 12.7 Å². The summed E-state index contributed by atoms with van der Waals surface area (Å²) in [6.45, 7) is 1.01. The van der Waals surface area contributed by atoms with Crippen molar-refractivity contribution in [3.63, 3.8) is 0 Å². The quantitative estimate of drug-likeness (QED) is 0.320. The summed E-state index contributed by atoms with van der Waals surface area (Å²) >= 11 is 0. The summed E-state index contributed by atoms with van der Waals surface area (Å²) in [5.41, 5.74) is 0.811. The van der Waals surface area contributed by atoms with Crippen LogP contribution in [0.5, 0.6) is 11.5 Å². The molecule has 1 aliphatic rings. The third-order valence-electron chi connectivity index (χ3n) is 4.63. The van der Waals surface area contributed by atoms with E-state index in [1.165, 1.54) is 12.8 Å². The van der Waals surface area contributed by atoms with E-state index in [0.29, 0.717) is 31.1 Å². The lowest BCUT2D eigenvalue weighted by atomic mass is 10.2. The highest BCUT2D eigenvalue weighted by Gasteiger charge is 2.18. The van der Waals surface area contributed by atoms with E-state index in [4.69, 9.17) is 24.5 Å². The molecule has 1 aromatic rings. The van der Waals surface area contributed by atoms with Gasteiger partial charge >= 0.3 is 0 Å². The van der Waals surface area contributed by atoms with Crippen LogP contribution in [-0.4, -0.2) is 85.2 Å². The van der Waals surface area contributed by atoms with Crippen LogP contribution in [0.25, 0.3) is 0 Å². The van der Waals surface area contributed by atoms with E-state index in [9.17, 15) is 5.11 Å². The van der Waals surface area contributed by atoms with Crippen molar-refractivity contribution >= 4 is 18.6 Å². The maximum Gasteiger partial charge on any atom is 0.162 e. The molecule has 1 fully saturated rings. The van der Waals surface area contributed by atoms with Crippen LogP contribution in [0, 0.1) is 0 Å². The van der Waals surface area contributed by atoms with Gasteiger partial charge in [0.25, 0.3) is 0 Å². The number of hydrogen-bond acceptors (Lipinski definition) is 8. The Morgan fingerprint density at radius 3 is 2.48 bits per heavy atom. The van der Waals surface area contributed by atoms with Crippen molar-refractivity contribution in [2.24, 2.45) is 5.16 Å². The maximum absolute atomic E-state index is 10.0. The fourth-order valence-corrected chi connectivity index (χ4v) is 3.21. The van der Waals surface area contributed by atoms with Crippen LogP contribution in [0.3, 0.4) is 0 Å². The number of nitrogens with zero attached hydrogens (tertiary/aromatic N) is 2. The minimum atomic E-state index is -0.771. The Morgan fingerprint density at radius 2 is 1.86 bits per heavy atom. The second kappa shape index (κ2) is 14.4. The second-order valence-corrected chi connectivity index (χ2v) is 6.87. The number of oxime groups is 1. The average Bonchev–Trinajstić information content (AvgIpc) is 3.19. The number of ether oxygens (including phenoxy) is 2. The zero-order valence-corrected chi connectivity index (χ0v) is 17.7. The summed E-state index contributed by atoms with van der Waals surface area (Å²) in [5, 5.41) is 31.9. The number of aliphatic hydroxyl groups excluding tert-OH is 3. The lowest BCUT2D eigenvalue weighted by Crippen LogP contribution is -2.38. The van der Waals surface area contributed by atoms with E-state index < -0.39 is 6.10 Å². The summed E-state index contributed by atoms with van der Waals surface area (Å²) < 4.78 is 11.4. The highest BCUT2D eigenvalue weighted by Crippen LogP contribution is 2.32. The molecule has 2 rings (SSSR count). The van der Waals surface area contributed by atoms with Crippen molar-refractivity contribution in [3.05, 3.63) is 23.8 Å². The van der Waals surface area contributed by atoms with Crippen LogP contribution in [0.1, 0.15) is 31.2 Å². The molecule has 8 nitrogen and oxygen atoms in total. The number of hydrogen-bond donors (Lipinski definition) is 3. The maximum atomic E-state index is 10.0. The molecule has 0 bridgehead atoms. The van der Waals surface area contributed by atoms with Crippen molar-refractivity contribution in [3.8, 4) is 11.5 Å². The van der Waals surface area contributed by atoms with Gasteiger partial charge in [0.2, 0.25) is 0 Å². The standard InChI is InChI=1S/C20H32N2O6.ClH/c1-26-19-7-6-16(12-20(19)28-18-4-2-3-5-18)13-21-27-15-17(25)14-22(8-10-23)9-11-24;/h6-7,12-13,17-18,23-25H,2-5,8-11,14-15H2,1H3;1H/b21-13+;. The lowest BCUT2D eigenvalue weighted by molar-refractivity contribution is 0.0140. The predicted octanol–water partition coefficient (Wildman–Crippen LogP) is 1.44. The molecule has 3 N–H and O–H groups in total. The largest absolute Gasteiger partial charge is 0.493 e. The normalized spacial score (nSPS) is 15.5. The van der Waals surface area contributed by atoms with E-state index >= 15 is 0 Å². The van der Waals surface area contributed by atoms with E-state index in [2.05, 4.69) is 5.16 Å². The van der Waals surface area contributed by atoms with Crippen LogP contribution in [0.2, 0.25) is 0 Å². The van der Waals surface area contributed by atoms with Crippen molar-refractivity contribution in [1.29, 1.82) is 0 Å². The predicted molar refractivity (Wildman–Crippen MR) is 113 cm³/mol. The highest BCUT2D eigenvalue weighted by atomic mass is 35.5. The minimum absolute atomic E-state index is 0. The Hall–Kier alpha value is -1.58. The molecule has 29 heavy (non-hydrogen) atoms. The third kappa shape index (κ3) is 9.18. The van der Waals surface area contributed by atoms with Crippen molar-refractivity contribution in [2.75, 3.05) is 46.6 Å². The summed E-state index contributed by atoms with van der Waals surface area (Å²) in [5.74, 6) is 1.38. The molecule has 1 unspecified atom stereocenters. The van der Waals surface area contributed by atoms with Crippen molar-refractivity contribution in [1.82, 2.24) is 4.90 Å². The Kier molecular flexibility index (Phi) is 12.6. The third-order valence-corrected chi connectivity index (χ3v) is 4.63. The number of methoxy groups -OCH3 is 1. The molecule has 166 valence electrons. The van der Waals surface area contributed by atoms with Gasteiger partial charge in [-0.15, -0.1) is 12.4 Å². The Labute approximate surface area is 178 Å². The first-order valence-corrected chi connectivity index (χ1v) is 9.78. The zero-order chi connectivity index (χ0) is 20.2. The highest BCUT2D eigenvalue weighted by molar-refractivity contribution is 5.85. The molecule has 1 aliphatic carbocycles. The summed E-state index contributed by atoms with van der Waals surface area (Å²) in [4.78, 5) is 6.94. The van der Waals surface area contributed by atoms with Crippen LogP contribution >= 0.6 is 12.4 Å². The molecule has 0 aromatic heterocycles. The van der Waals surface area contributed by atoms with Gasteiger partial charge in [0, 0.05) is 25.2 Å².